The van der Waals surface area contributed by atoms with E-state index in [9.17, 15) is 13.2 Å². The van der Waals surface area contributed by atoms with Crippen molar-refractivity contribution in [1.82, 2.24) is 10.3 Å². The molecule has 0 aliphatic heterocycles. The molecule has 3 rings (SSSR count). The molecule has 25 heavy (non-hydrogen) atoms. The monoisotopic (exact) mass is 377 g/mol. The molecule has 1 amide bonds. The topological polar surface area (TPSA) is 105 Å². The van der Waals surface area contributed by atoms with Gasteiger partial charge >= 0.3 is 0 Å². The number of fused-ring (bicyclic) bond motifs is 1. The maximum absolute atomic E-state index is 12.2. The van der Waals surface area contributed by atoms with Crippen molar-refractivity contribution in [1.29, 1.82) is 0 Å². The lowest BCUT2D eigenvalue weighted by atomic mass is 10.1. The van der Waals surface area contributed by atoms with E-state index in [1.165, 1.54) is 12.1 Å². The van der Waals surface area contributed by atoms with Crippen LogP contribution in [0.25, 0.3) is 10.9 Å². The van der Waals surface area contributed by atoms with Crippen LogP contribution in [0.1, 0.15) is 16.1 Å². The number of hydrogen-bond acceptors (Lipinski definition) is 3. The van der Waals surface area contributed by atoms with Crippen LogP contribution in [0.2, 0.25) is 5.02 Å². The van der Waals surface area contributed by atoms with Crippen LogP contribution in [0.4, 0.5) is 0 Å². The van der Waals surface area contributed by atoms with E-state index in [0.717, 1.165) is 16.5 Å². The SMILES string of the molecule is NS(=O)(=O)c1ccc(CCNC(=O)c2cc3ccc(Cl)cc3[nH]2)cc1. The molecular weight excluding hydrogens is 362 g/mol. The first kappa shape index (κ1) is 17.5. The largest absolute Gasteiger partial charge is 0.350 e. The smallest absolute Gasteiger partial charge is 0.267 e. The number of aromatic amines is 1. The van der Waals surface area contributed by atoms with Crippen molar-refractivity contribution in [2.45, 2.75) is 11.3 Å². The molecule has 0 aliphatic carbocycles. The van der Waals surface area contributed by atoms with Crippen LogP contribution in [0.3, 0.4) is 0 Å². The standard InChI is InChI=1S/C17H16ClN3O3S/c18-13-4-3-12-9-16(21-15(12)10-13)17(22)20-8-7-11-1-5-14(6-2-11)25(19,23)24/h1-6,9-10,21H,7-8H2,(H,20,22)(H2,19,23,24). The molecule has 1 aromatic heterocycles. The number of nitrogens with two attached hydrogens (primary N) is 1. The van der Waals surface area contributed by atoms with Gasteiger partial charge in [0.15, 0.2) is 0 Å². The lowest BCUT2D eigenvalue weighted by molar-refractivity contribution is 0.0950. The number of amides is 1. The number of aromatic nitrogens is 1. The molecule has 3 aromatic rings. The Balaban J connectivity index is 1.60. The average Bonchev–Trinajstić information content (AvgIpc) is 2.97. The first-order valence-electron chi connectivity index (χ1n) is 7.51. The van der Waals surface area contributed by atoms with Gasteiger partial charge < -0.3 is 10.3 Å². The van der Waals surface area contributed by atoms with Gasteiger partial charge in [0.1, 0.15) is 5.69 Å². The third-order valence-corrected chi connectivity index (χ3v) is 4.94. The van der Waals surface area contributed by atoms with Gasteiger partial charge in [-0.05, 0) is 42.3 Å². The minimum absolute atomic E-state index is 0.0667. The van der Waals surface area contributed by atoms with E-state index in [1.807, 2.05) is 6.07 Å². The van der Waals surface area contributed by atoms with E-state index in [4.69, 9.17) is 16.7 Å². The highest BCUT2D eigenvalue weighted by Crippen LogP contribution is 2.19. The number of sulfonamides is 1. The zero-order chi connectivity index (χ0) is 18.0. The number of primary sulfonamides is 1. The summed E-state index contributed by atoms with van der Waals surface area (Å²) in [4.78, 5) is 15.3. The number of halogens is 1. The summed E-state index contributed by atoms with van der Waals surface area (Å²) in [5, 5.41) is 9.39. The zero-order valence-corrected chi connectivity index (χ0v) is 14.7. The summed E-state index contributed by atoms with van der Waals surface area (Å²) >= 11 is 5.93. The normalized spacial score (nSPS) is 11.6. The number of carbonyl (C=O) groups excluding carboxylic acids is 1. The Hall–Kier alpha value is -2.35. The molecule has 4 N–H and O–H groups in total. The van der Waals surface area contributed by atoms with Crippen molar-refractivity contribution in [3.8, 4) is 0 Å². The van der Waals surface area contributed by atoms with Crippen molar-refractivity contribution in [2.75, 3.05) is 6.54 Å². The van der Waals surface area contributed by atoms with Gasteiger partial charge in [-0.2, -0.15) is 0 Å². The Labute approximate surface area is 150 Å². The van der Waals surface area contributed by atoms with Crippen LogP contribution in [-0.2, 0) is 16.4 Å². The average molecular weight is 378 g/mol. The summed E-state index contributed by atoms with van der Waals surface area (Å²) in [6.07, 6.45) is 0.572. The fourth-order valence-corrected chi connectivity index (χ4v) is 3.17. The van der Waals surface area contributed by atoms with Crippen LogP contribution in [-0.4, -0.2) is 25.9 Å². The fourth-order valence-electron chi connectivity index (χ4n) is 2.48. The molecule has 130 valence electrons. The first-order valence-corrected chi connectivity index (χ1v) is 9.43. The summed E-state index contributed by atoms with van der Waals surface area (Å²) in [7, 11) is -3.69. The second kappa shape index (κ2) is 6.87. The molecule has 1 heterocycles. The Morgan fingerprint density at radius 2 is 1.84 bits per heavy atom. The Morgan fingerprint density at radius 1 is 1.12 bits per heavy atom. The quantitative estimate of drug-likeness (QED) is 0.635. The summed E-state index contributed by atoms with van der Waals surface area (Å²) in [6, 6.07) is 13.4. The van der Waals surface area contributed by atoms with E-state index < -0.39 is 10.0 Å². The minimum atomic E-state index is -3.69. The second-order valence-corrected chi connectivity index (χ2v) is 7.61. The van der Waals surface area contributed by atoms with E-state index in [-0.39, 0.29) is 10.8 Å². The van der Waals surface area contributed by atoms with Crippen molar-refractivity contribution < 1.29 is 13.2 Å². The van der Waals surface area contributed by atoms with E-state index in [1.54, 1.807) is 30.3 Å². The highest BCUT2D eigenvalue weighted by molar-refractivity contribution is 7.89. The minimum Gasteiger partial charge on any atom is -0.350 e. The van der Waals surface area contributed by atoms with Gasteiger partial charge in [-0.15, -0.1) is 0 Å². The molecule has 0 spiro atoms. The lowest BCUT2D eigenvalue weighted by Crippen LogP contribution is -2.25. The maximum atomic E-state index is 12.2. The Kier molecular flexibility index (Phi) is 4.80. The van der Waals surface area contributed by atoms with Crippen molar-refractivity contribution in [3.63, 3.8) is 0 Å². The molecule has 0 unspecified atom stereocenters. The van der Waals surface area contributed by atoms with Crippen LogP contribution >= 0.6 is 11.6 Å². The summed E-state index contributed by atoms with van der Waals surface area (Å²) in [5.74, 6) is -0.214. The van der Waals surface area contributed by atoms with E-state index in [0.29, 0.717) is 23.7 Å². The second-order valence-electron chi connectivity index (χ2n) is 5.61. The molecular formula is C17H16ClN3O3S. The predicted molar refractivity (Wildman–Crippen MR) is 97.2 cm³/mol. The number of nitrogens with one attached hydrogen (secondary N) is 2. The Morgan fingerprint density at radius 3 is 2.52 bits per heavy atom. The number of benzene rings is 2. The van der Waals surface area contributed by atoms with Crippen LogP contribution < -0.4 is 10.5 Å². The van der Waals surface area contributed by atoms with Crippen LogP contribution in [0, 0.1) is 0 Å². The van der Waals surface area contributed by atoms with Gasteiger partial charge in [-0.3, -0.25) is 4.79 Å². The van der Waals surface area contributed by atoms with Gasteiger partial charge in [0, 0.05) is 22.5 Å². The molecule has 6 nitrogen and oxygen atoms in total. The van der Waals surface area contributed by atoms with Crippen LogP contribution in [0.5, 0.6) is 0 Å². The van der Waals surface area contributed by atoms with Crippen LogP contribution in [0.15, 0.2) is 53.4 Å². The van der Waals surface area contributed by atoms with Gasteiger partial charge in [-0.1, -0.05) is 29.8 Å². The molecule has 0 fully saturated rings. The number of rotatable bonds is 5. The third-order valence-electron chi connectivity index (χ3n) is 3.78. The first-order chi connectivity index (χ1) is 11.8. The summed E-state index contributed by atoms with van der Waals surface area (Å²) < 4.78 is 22.4. The van der Waals surface area contributed by atoms with Crippen molar-refractivity contribution in [3.05, 3.63) is 64.8 Å². The number of carbonyl (C=O) groups is 1. The zero-order valence-electron chi connectivity index (χ0n) is 13.1. The highest BCUT2D eigenvalue weighted by atomic mass is 35.5. The lowest BCUT2D eigenvalue weighted by Gasteiger charge is -2.05. The van der Waals surface area contributed by atoms with E-state index in [2.05, 4.69) is 10.3 Å². The predicted octanol–water partition coefficient (Wildman–Crippen LogP) is 2.44. The van der Waals surface area contributed by atoms with Gasteiger partial charge in [0.05, 0.1) is 4.90 Å². The molecule has 0 bridgehead atoms. The number of H-pyrrole nitrogens is 1. The molecule has 0 radical (unpaired) electrons. The summed E-state index contributed by atoms with van der Waals surface area (Å²) in [6.45, 7) is 0.420. The van der Waals surface area contributed by atoms with E-state index >= 15 is 0 Å². The molecule has 0 saturated heterocycles. The maximum Gasteiger partial charge on any atom is 0.267 e. The molecule has 0 aliphatic rings. The Bertz CT molecular complexity index is 1030. The van der Waals surface area contributed by atoms with Crippen molar-refractivity contribution >= 4 is 38.4 Å². The molecule has 0 atom stereocenters. The van der Waals surface area contributed by atoms with Gasteiger partial charge in [0.2, 0.25) is 10.0 Å². The highest BCUT2D eigenvalue weighted by Gasteiger charge is 2.10. The van der Waals surface area contributed by atoms with Gasteiger partial charge in [-0.25, -0.2) is 13.6 Å². The van der Waals surface area contributed by atoms with Crippen molar-refractivity contribution in [2.24, 2.45) is 5.14 Å². The third kappa shape index (κ3) is 4.19. The molecule has 0 saturated carbocycles. The molecule has 2 aromatic carbocycles. The molecule has 8 heteroatoms. The fraction of sp³-hybridized carbons (Fsp3) is 0.118. The summed E-state index contributed by atoms with van der Waals surface area (Å²) in [5.41, 5.74) is 2.16. The number of hydrogen-bond donors (Lipinski definition) is 3. The van der Waals surface area contributed by atoms with Gasteiger partial charge in [0.25, 0.3) is 5.91 Å².